The fourth-order valence-electron chi connectivity index (χ4n) is 2.03. The summed E-state index contributed by atoms with van der Waals surface area (Å²) in [5.41, 5.74) is 5.47. The molecule has 0 saturated carbocycles. The molecule has 0 aromatic heterocycles. The average molecular weight is 257 g/mol. The number of hydrogen-bond donors (Lipinski definition) is 2. The number of nitrogens with one attached hydrogen (secondary N) is 1. The molecular weight excluding hydrogens is 222 g/mol. The highest BCUT2D eigenvalue weighted by Gasteiger charge is 2.10. The molecule has 0 saturated heterocycles. The van der Waals surface area contributed by atoms with Crippen LogP contribution in [0.4, 0.5) is 0 Å². The molecule has 110 valence electrons. The Morgan fingerprint density at radius 1 is 1.11 bits per heavy atom. The van der Waals surface area contributed by atoms with Gasteiger partial charge in [-0.3, -0.25) is 0 Å². The molecule has 2 atom stereocenters. The molecular formula is C15H35N3. The molecule has 0 spiro atoms. The van der Waals surface area contributed by atoms with Crippen molar-refractivity contribution in [2.75, 3.05) is 33.2 Å². The normalized spacial score (nSPS) is 15.0. The Kier molecular flexibility index (Phi) is 11.9. The zero-order valence-electron chi connectivity index (χ0n) is 13.0. The molecule has 0 aliphatic carbocycles. The minimum absolute atomic E-state index is 0.676. The van der Waals surface area contributed by atoms with Gasteiger partial charge in [0.1, 0.15) is 0 Å². The second kappa shape index (κ2) is 11.9. The van der Waals surface area contributed by atoms with Gasteiger partial charge >= 0.3 is 0 Å². The van der Waals surface area contributed by atoms with Crippen molar-refractivity contribution in [1.82, 2.24) is 10.2 Å². The van der Waals surface area contributed by atoms with E-state index < -0.39 is 0 Å². The third kappa shape index (κ3) is 9.86. The van der Waals surface area contributed by atoms with Gasteiger partial charge in [0, 0.05) is 12.6 Å². The van der Waals surface area contributed by atoms with Crippen molar-refractivity contribution in [1.29, 1.82) is 0 Å². The maximum atomic E-state index is 5.47. The van der Waals surface area contributed by atoms with Crippen LogP contribution in [0.5, 0.6) is 0 Å². The first-order valence-corrected chi connectivity index (χ1v) is 7.72. The van der Waals surface area contributed by atoms with E-state index in [0.717, 1.165) is 32.0 Å². The van der Waals surface area contributed by atoms with Crippen LogP contribution in [0.2, 0.25) is 0 Å². The third-order valence-corrected chi connectivity index (χ3v) is 3.85. The Morgan fingerprint density at radius 3 is 2.44 bits per heavy atom. The standard InChI is InChI=1S/C15H35N3/c1-5-14(2)13-18(4)15(3)9-12-17-11-8-6-7-10-16/h14-15,17H,5-13,16H2,1-4H3. The van der Waals surface area contributed by atoms with Gasteiger partial charge in [-0.25, -0.2) is 0 Å². The Morgan fingerprint density at radius 2 is 1.83 bits per heavy atom. The first kappa shape index (κ1) is 17.9. The van der Waals surface area contributed by atoms with Crippen LogP contribution in [0.1, 0.15) is 52.9 Å². The van der Waals surface area contributed by atoms with E-state index in [2.05, 4.69) is 38.0 Å². The summed E-state index contributed by atoms with van der Waals surface area (Å²) in [6, 6.07) is 0.676. The summed E-state index contributed by atoms with van der Waals surface area (Å²) in [4.78, 5) is 2.49. The van der Waals surface area contributed by atoms with E-state index >= 15 is 0 Å². The average Bonchev–Trinajstić information content (AvgIpc) is 2.37. The second-order valence-corrected chi connectivity index (χ2v) is 5.69. The van der Waals surface area contributed by atoms with Crippen LogP contribution in [0.25, 0.3) is 0 Å². The number of unbranched alkanes of at least 4 members (excludes halogenated alkanes) is 2. The summed E-state index contributed by atoms with van der Waals surface area (Å²) in [5, 5.41) is 3.53. The van der Waals surface area contributed by atoms with Gasteiger partial charge in [0.15, 0.2) is 0 Å². The van der Waals surface area contributed by atoms with Gasteiger partial charge in [0.25, 0.3) is 0 Å². The van der Waals surface area contributed by atoms with Crippen LogP contribution < -0.4 is 11.1 Å². The van der Waals surface area contributed by atoms with E-state index in [4.69, 9.17) is 5.73 Å². The zero-order valence-corrected chi connectivity index (χ0v) is 13.0. The second-order valence-electron chi connectivity index (χ2n) is 5.69. The lowest BCUT2D eigenvalue weighted by Gasteiger charge is -2.27. The lowest BCUT2D eigenvalue weighted by molar-refractivity contribution is 0.212. The quantitative estimate of drug-likeness (QED) is 0.528. The maximum Gasteiger partial charge on any atom is 0.00760 e. The molecule has 0 aromatic rings. The molecule has 2 unspecified atom stereocenters. The fourth-order valence-corrected chi connectivity index (χ4v) is 2.03. The SMILES string of the molecule is CCC(C)CN(C)C(C)CCNCCCCCN. The zero-order chi connectivity index (χ0) is 13.8. The molecule has 0 fully saturated rings. The van der Waals surface area contributed by atoms with Gasteiger partial charge in [-0.1, -0.05) is 26.7 Å². The molecule has 0 aromatic carbocycles. The summed E-state index contributed by atoms with van der Waals surface area (Å²) < 4.78 is 0. The van der Waals surface area contributed by atoms with E-state index in [0.29, 0.717) is 6.04 Å². The highest BCUT2D eigenvalue weighted by atomic mass is 15.1. The predicted molar refractivity (Wildman–Crippen MR) is 81.9 cm³/mol. The third-order valence-electron chi connectivity index (χ3n) is 3.85. The van der Waals surface area contributed by atoms with Crippen LogP contribution in [0, 0.1) is 5.92 Å². The molecule has 3 heteroatoms. The van der Waals surface area contributed by atoms with Crippen LogP contribution in [0.15, 0.2) is 0 Å². The van der Waals surface area contributed by atoms with E-state index in [1.54, 1.807) is 0 Å². The summed E-state index contributed by atoms with van der Waals surface area (Å²) in [5.74, 6) is 0.807. The van der Waals surface area contributed by atoms with Gasteiger partial charge in [-0.05, 0) is 58.8 Å². The summed E-state index contributed by atoms with van der Waals surface area (Å²) in [7, 11) is 2.25. The molecule has 0 heterocycles. The molecule has 0 rings (SSSR count). The van der Waals surface area contributed by atoms with Crippen molar-refractivity contribution in [3.05, 3.63) is 0 Å². The smallest absolute Gasteiger partial charge is 0.00760 e. The van der Waals surface area contributed by atoms with Gasteiger partial charge in [-0.2, -0.15) is 0 Å². The van der Waals surface area contributed by atoms with Crippen LogP contribution >= 0.6 is 0 Å². The summed E-state index contributed by atoms with van der Waals surface area (Å²) in [6.45, 7) is 11.3. The molecule has 0 aliphatic heterocycles. The van der Waals surface area contributed by atoms with Gasteiger partial charge in [0.05, 0.1) is 0 Å². The van der Waals surface area contributed by atoms with Crippen LogP contribution in [0.3, 0.4) is 0 Å². The lowest BCUT2D eigenvalue weighted by atomic mass is 10.1. The molecule has 3 nitrogen and oxygen atoms in total. The van der Waals surface area contributed by atoms with Crippen molar-refractivity contribution in [2.45, 2.75) is 58.9 Å². The monoisotopic (exact) mass is 257 g/mol. The van der Waals surface area contributed by atoms with Gasteiger partial charge < -0.3 is 16.0 Å². The van der Waals surface area contributed by atoms with Crippen molar-refractivity contribution >= 4 is 0 Å². The highest BCUT2D eigenvalue weighted by Crippen LogP contribution is 2.07. The Hall–Kier alpha value is -0.120. The van der Waals surface area contributed by atoms with E-state index in [1.807, 2.05) is 0 Å². The van der Waals surface area contributed by atoms with Gasteiger partial charge in [0.2, 0.25) is 0 Å². The Labute approximate surface area is 114 Å². The molecule has 18 heavy (non-hydrogen) atoms. The van der Waals surface area contributed by atoms with Crippen LogP contribution in [-0.4, -0.2) is 44.2 Å². The van der Waals surface area contributed by atoms with Crippen LogP contribution in [-0.2, 0) is 0 Å². The van der Waals surface area contributed by atoms with Crippen molar-refractivity contribution < 1.29 is 0 Å². The number of nitrogens with zero attached hydrogens (tertiary/aromatic N) is 1. The summed E-state index contributed by atoms with van der Waals surface area (Å²) >= 11 is 0. The molecule has 0 bridgehead atoms. The number of hydrogen-bond acceptors (Lipinski definition) is 3. The largest absolute Gasteiger partial charge is 0.330 e. The Bertz CT molecular complexity index is 173. The first-order valence-electron chi connectivity index (χ1n) is 7.72. The minimum atomic E-state index is 0.676. The number of nitrogens with two attached hydrogens (primary N) is 1. The lowest BCUT2D eigenvalue weighted by Crippen LogP contribution is -2.35. The number of rotatable bonds is 12. The van der Waals surface area contributed by atoms with Gasteiger partial charge in [-0.15, -0.1) is 0 Å². The molecule has 0 radical (unpaired) electrons. The van der Waals surface area contributed by atoms with Crippen molar-refractivity contribution in [2.24, 2.45) is 11.7 Å². The highest BCUT2D eigenvalue weighted by molar-refractivity contribution is 4.67. The Balaban J connectivity index is 3.43. The molecule has 0 amide bonds. The minimum Gasteiger partial charge on any atom is -0.330 e. The van der Waals surface area contributed by atoms with Crippen molar-refractivity contribution in [3.8, 4) is 0 Å². The molecule has 3 N–H and O–H groups in total. The van der Waals surface area contributed by atoms with E-state index in [9.17, 15) is 0 Å². The van der Waals surface area contributed by atoms with E-state index in [-0.39, 0.29) is 0 Å². The predicted octanol–water partition coefficient (Wildman–Crippen LogP) is 2.46. The fraction of sp³-hybridized carbons (Fsp3) is 1.00. The van der Waals surface area contributed by atoms with E-state index in [1.165, 1.54) is 32.2 Å². The summed E-state index contributed by atoms with van der Waals surface area (Å²) in [6.07, 6.45) is 6.19. The first-order chi connectivity index (χ1) is 8.61. The molecule has 0 aliphatic rings. The maximum absolute atomic E-state index is 5.47. The topological polar surface area (TPSA) is 41.3 Å². The van der Waals surface area contributed by atoms with Crippen molar-refractivity contribution in [3.63, 3.8) is 0 Å².